The van der Waals surface area contributed by atoms with Gasteiger partial charge in [0.25, 0.3) is 0 Å². The van der Waals surface area contributed by atoms with Crippen LogP contribution in [-0.2, 0) is 24.8 Å². The number of nitrogens with zero attached hydrogens (tertiary/aromatic N) is 4. The van der Waals surface area contributed by atoms with Crippen molar-refractivity contribution in [3.63, 3.8) is 0 Å². The van der Waals surface area contributed by atoms with E-state index in [0.717, 1.165) is 34.5 Å². The summed E-state index contributed by atoms with van der Waals surface area (Å²) >= 11 is 0. The van der Waals surface area contributed by atoms with E-state index < -0.39 is 0 Å². The molecule has 126 valence electrons. The number of benzene rings is 1. The maximum Gasteiger partial charge on any atom is 0.241 e. The molecule has 0 aliphatic rings. The summed E-state index contributed by atoms with van der Waals surface area (Å²) in [5, 5.41) is 11.6. The number of aryl methyl sites for hydroxylation is 2. The standard InChI is InChI=1S/C17H21N5O2/c1-12-17-15(21(2)20-12)10-19-22(17)11-16(23)18-9-8-13-4-6-14(24-3)7-5-13/h4-7,10H,8-9,11H2,1-3H3,(H,18,23). The van der Waals surface area contributed by atoms with Crippen LogP contribution in [0, 0.1) is 6.92 Å². The van der Waals surface area contributed by atoms with Gasteiger partial charge >= 0.3 is 0 Å². The van der Waals surface area contributed by atoms with E-state index in [-0.39, 0.29) is 12.5 Å². The van der Waals surface area contributed by atoms with Gasteiger partial charge in [0.1, 0.15) is 23.3 Å². The first-order valence-electron chi connectivity index (χ1n) is 7.83. The van der Waals surface area contributed by atoms with E-state index in [0.29, 0.717) is 6.54 Å². The van der Waals surface area contributed by atoms with Gasteiger partial charge in [-0.15, -0.1) is 0 Å². The van der Waals surface area contributed by atoms with Gasteiger partial charge in [-0.3, -0.25) is 14.2 Å². The SMILES string of the molecule is COc1ccc(CCNC(=O)Cn2ncc3c2c(C)nn3C)cc1. The second kappa shape index (κ2) is 6.74. The Hall–Kier alpha value is -2.83. The number of amides is 1. The van der Waals surface area contributed by atoms with Crippen LogP contribution in [0.3, 0.4) is 0 Å². The first-order chi connectivity index (χ1) is 11.6. The average molecular weight is 327 g/mol. The summed E-state index contributed by atoms with van der Waals surface area (Å²) in [6.07, 6.45) is 2.51. The highest BCUT2D eigenvalue weighted by Gasteiger charge is 2.13. The lowest BCUT2D eigenvalue weighted by atomic mass is 10.1. The van der Waals surface area contributed by atoms with Crippen LogP contribution in [0.4, 0.5) is 0 Å². The van der Waals surface area contributed by atoms with E-state index >= 15 is 0 Å². The normalized spacial score (nSPS) is 11.0. The van der Waals surface area contributed by atoms with Crippen molar-refractivity contribution in [3.05, 3.63) is 41.7 Å². The summed E-state index contributed by atoms with van der Waals surface area (Å²) in [6.45, 7) is 2.70. The number of aromatic nitrogens is 4. The molecule has 2 aromatic heterocycles. The fourth-order valence-corrected chi connectivity index (χ4v) is 2.76. The third kappa shape index (κ3) is 3.24. The van der Waals surface area contributed by atoms with Crippen molar-refractivity contribution in [2.75, 3.05) is 13.7 Å². The van der Waals surface area contributed by atoms with Crippen LogP contribution in [0.25, 0.3) is 11.0 Å². The highest BCUT2D eigenvalue weighted by Crippen LogP contribution is 2.16. The van der Waals surface area contributed by atoms with Crippen molar-refractivity contribution < 1.29 is 9.53 Å². The molecule has 7 nitrogen and oxygen atoms in total. The van der Waals surface area contributed by atoms with Crippen LogP contribution >= 0.6 is 0 Å². The van der Waals surface area contributed by atoms with Crippen molar-refractivity contribution in [1.29, 1.82) is 0 Å². The summed E-state index contributed by atoms with van der Waals surface area (Å²) < 4.78 is 8.60. The Labute approximate surface area is 140 Å². The number of carbonyl (C=O) groups excluding carboxylic acids is 1. The number of ether oxygens (including phenoxy) is 1. The summed E-state index contributed by atoms with van der Waals surface area (Å²) in [5.41, 5.74) is 3.86. The molecule has 0 aliphatic heterocycles. The first-order valence-corrected chi connectivity index (χ1v) is 7.83. The van der Waals surface area contributed by atoms with Crippen LogP contribution < -0.4 is 10.1 Å². The van der Waals surface area contributed by atoms with Gasteiger partial charge in [0, 0.05) is 13.6 Å². The third-order valence-electron chi connectivity index (χ3n) is 4.00. The Balaban J connectivity index is 1.55. The Kier molecular flexibility index (Phi) is 4.50. The Bertz CT molecular complexity index is 848. The zero-order valence-corrected chi connectivity index (χ0v) is 14.1. The van der Waals surface area contributed by atoms with Gasteiger partial charge in [-0.25, -0.2) is 0 Å². The summed E-state index contributed by atoms with van der Waals surface area (Å²) in [6, 6.07) is 7.84. The average Bonchev–Trinajstić information content (AvgIpc) is 3.10. The lowest BCUT2D eigenvalue weighted by Gasteiger charge is -2.07. The molecule has 24 heavy (non-hydrogen) atoms. The van der Waals surface area contributed by atoms with E-state index in [4.69, 9.17) is 4.74 Å². The molecule has 2 heterocycles. The van der Waals surface area contributed by atoms with Crippen molar-refractivity contribution in [2.24, 2.45) is 7.05 Å². The molecular formula is C17H21N5O2. The molecule has 0 saturated carbocycles. The van der Waals surface area contributed by atoms with Crippen LogP contribution in [0.5, 0.6) is 5.75 Å². The first kappa shape index (κ1) is 16.0. The molecule has 0 aliphatic carbocycles. The predicted octanol–water partition coefficient (Wildman–Crippen LogP) is 1.45. The number of rotatable bonds is 6. The predicted molar refractivity (Wildman–Crippen MR) is 90.9 cm³/mol. The monoisotopic (exact) mass is 327 g/mol. The molecule has 0 atom stereocenters. The molecule has 1 aromatic carbocycles. The number of fused-ring (bicyclic) bond motifs is 1. The molecule has 0 spiro atoms. The van der Waals surface area contributed by atoms with Crippen LogP contribution in [0.15, 0.2) is 30.5 Å². The fourth-order valence-electron chi connectivity index (χ4n) is 2.76. The highest BCUT2D eigenvalue weighted by molar-refractivity contribution is 5.81. The second-order valence-corrected chi connectivity index (χ2v) is 5.69. The van der Waals surface area contributed by atoms with Gasteiger partial charge in [0.05, 0.1) is 19.0 Å². The van der Waals surface area contributed by atoms with Crippen molar-refractivity contribution in [3.8, 4) is 5.75 Å². The number of methoxy groups -OCH3 is 1. The molecule has 1 amide bonds. The van der Waals surface area contributed by atoms with Crippen LogP contribution in [-0.4, -0.2) is 39.1 Å². The van der Waals surface area contributed by atoms with E-state index in [2.05, 4.69) is 15.5 Å². The van der Waals surface area contributed by atoms with Crippen molar-refractivity contribution in [1.82, 2.24) is 24.9 Å². The molecule has 0 saturated heterocycles. The summed E-state index contributed by atoms with van der Waals surface area (Å²) in [5.74, 6) is 0.772. The minimum Gasteiger partial charge on any atom is -0.497 e. The van der Waals surface area contributed by atoms with E-state index in [1.54, 1.807) is 22.7 Å². The van der Waals surface area contributed by atoms with Gasteiger partial charge in [-0.2, -0.15) is 10.2 Å². The fraction of sp³-hybridized carbons (Fsp3) is 0.353. The smallest absolute Gasteiger partial charge is 0.241 e. The molecule has 0 radical (unpaired) electrons. The largest absolute Gasteiger partial charge is 0.497 e. The van der Waals surface area contributed by atoms with E-state index in [1.807, 2.05) is 38.2 Å². The Morgan fingerprint density at radius 1 is 1.29 bits per heavy atom. The van der Waals surface area contributed by atoms with E-state index in [1.165, 1.54) is 0 Å². The third-order valence-corrected chi connectivity index (χ3v) is 4.00. The lowest BCUT2D eigenvalue weighted by Crippen LogP contribution is -2.29. The van der Waals surface area contributed by atoms with Gasteiger partial charge in [0.15, 0.2) is 0 Å². The summed E-state index contributed by atoms with van der Waals surface area (Å²) in [7, 11) is 3.52. The molecule has 0 unspecified atom stereocenters. The Morgan fingerprint density at radius 2 is 2.04 bits per heavy atom. The zero-order valence-electron chi connectivity index (χ0n) is 14.1. The zero-order chi connectivity index (χ0) is 17.1. The molecule has 3 rings (SSSR count). The number of carbonyl (C=O) groups is 1. The molecule has 7 heteroatoms. The molecule has 1 N–H and O–H groups in total. The van der Waals surface area contributed by atoms with Crippen molar-refractivity contribution in [2.45, 2.75) is 19.9 Å². The minimum atomic E-state index is -0.0586. The highest BCUT2D eigenvalue weighted by atomic mass is 16.5. The molecule has 3 aromatic rings. The quantitative estimate of drug-likeness (QED) is 0.743. The second-order valence-electron chi connectivity index (χ2n) is 5.69. The lowest BCUT2D eigenvalue weighted by molar-refractivity contribution is -0.121. The van der Waals surface area contributed by atoms with Gasteiger partial charge in [-0.05, 0) is 31.0 Å². The van der Waals surface area contributed by atoms with Gasteiger partial charge in [0.2, 0.25) is 5.91 Å². The topological polar surface area (TPSA) is 74.0 Å². The van der Waals surface area contributed by atoms with Crippen LogP contribution in [0.1, 0.15) is 11.3 Å². The number of hydrogen-bond donors (Lipinski definition) is 1. The minimum absolute atomic E-state index is 0.0586. The number of nitrogens with one attached hydrogen (secondary N) is 1. The van der Waals surface area contributed by atoms with Gasteiger partial charge < -0.3 is 10.1 Å². The molecule has 0 bridgehead atoms. The maximum absolute atomic E-state index is 12.1. The Morgan fingerprint density at radius 3 is 2.75 bits per heavy atom. The van der Waals surface area contributed by atoms with Crippen molar-refractivity contribution >= 4 is 16.9 Å². The maximum atomic E-state index is 12.1. The summed E-state index contributed by atoms with van der Waals surface area (Å²) in [4.78, 5) is 12.1. The van der Waals surface area contributed by atoms with E-state index in [9.17, 15) is 4.79 Å². The van der Waals surface area contributed by atoms with Gasteiger partial charge in [-0.1, -0.05) is 12.1 Å². The molecule has 0 fully saturated rings. The number of hydrogen-bond acceptors (Lipinski definition) is 4. The molecular weight excluding hydrogens is 306 g/mol. The van der Waals surface area contributed by atoms with Crippen LogP contribution in [0.2, 0.25) is 0 Å².